The zero-order valence-electron chi connectivity index (χ0n) is 7.52. The van der Waals surface area contributed by atoms with Crippen molar-refractivity contribution in [1.82, 2.24) is 5.32 Å². The van der Waals surface area contributed by atoms with Crippen molar-refractivity contribution in [2.45, 2.75) is 33.6 Å². The van der Waals surface area contributed by atoms with E-state index in [-0.39, 0.29) is 5.91 Å². The van der Waals surface area contributed by atoms with E-state index in [2.05, 4.69) is 5.32 Å². The number of rotatable bonds is 0. The monoisotopic (exact) mass is 159 g/mol. The molecule has 0 aromatic carbocycles. The molecule has 1 fully saturated rings. The zero-order valence-corrected chi connectivity index (χ0v) is 7.52. The molecule has 0 aromatic rings. The van der Waals surface area contributed by atoms with Crippen LogP contribution in [0.1, 0.15) is 33.6 Å². The van der Waals surface area contributed by atoms with Gasteiger partial charge in [0.2, 0.25) is 5.91 Å². The predicted molar refractivity (Wildman–Crippen MR) is 45.3 cm³/mol. The molecule has 1 aliphatic rings. The maximum Gasteiger partial charge on any atom is 0.220 e. The van der Waals surface area contributed by atoms with E-state index in [0.717, 1.165) is 25.7 Å². The molecule has 1 aliphatic heterocycles. The van der Waals surface area contributed by atoms with Crippen molar-refractivity contribution in [2.24, 2.45) is 0 Å². The molecule has 0 bridgehead atoms. The fourth-order valence-electron chi connectivity index (χ4n) is 0.565. The van der Waals surface area contributed by atoms with Gasteiger partial charge < -0.3 is 10.1 Å². The van der Waals surface area contributed by atoms with E-state index >= 15 is 0 Å². The first-order valence-electron chi connectivity index (χ1n) is 3.97. The molecule has 0 spiro atoms. The number of hydrogen-bond acceptors (Lipinski definition) is 2. The van der Waals surface area contributed by atoms with Crippen molar-refractivity contribution in [3.05, 3.63) is 0 Å². The van der Waals surface area contributed by atoms with Crippen LogP contribution in [0.4, 0.5) is 0 Å². The number of aldehydes is 1. The minimum Gasteiger partial charge on any atom is -0.356 e. The van der Waals surface area contributed by atoms with Crippen LogP contribution in [0.3, 0.4) is 0 Å². The lowest BCUT2D eigenvalue weighted by molar-refractivity contribution is -0.119. The zero-order chi connectivity index (χ0) is 9.11. The third kappa shape index (κ3) is 12.4. The topological polar surface area (TPSA) is 46.2 Å². The lowest BCUT2D eigenvalue weighted by Crippen LogP contribution is -2.12. The first kappa shape index (κ1) is 12.8. The Hall–Kier alpha value is -0.860. The smallest absolute Gasteiger partial charge is 0.220 e. The molecule has 3 heteroatoms. The van der Waals surface area contributed by atoms with Gasteiger partial charge in [-0.2, -0.15) is 0 Å². The maximum absolute atomic E-state index is 10.1. The van der Waals surface area contributed by atoms with Gasteiger partial charge in [-0.15, -0.1) is 0 Å². The van der Waals surface area contributed by atoms with Gasteiger partial charge in [0.25, 0.3) is 0 Å². The number of amides is 1. The largest absolute Gasteiger partial charge is 0.356 e. The Morgan fingerprint density at radius 3 is 2.00 bits per heavy atom. The van der Waals surface area contributed by atoms with Crippen LogP contribution in [0.2, 0.25) is 0 Å². The second-order valence-electron chi connectivity index (χ2n) is 1.69. The van der Waals surface area contributed by atoms with Gasteiger partial charge in [-0.1, -0.05) is 13.8 Å². The summed E-state index contributed by atoms with van der Waals surface area (Å²) < 4.78 is 0. The van der Waals surface area contributed by atoms with E-state index in [9.17, 15) is 4.79 Å². The fraction of sp³-hybridized carbons (Fsp3) is 0.750. The van der Waals surface area contributed by atoms with Gasteiger partial charge in [-0.05, 0) is 13.3 Å². The predicted octanol–water partition coefficient (Wildman–Crippen LogP) is 1.13. The van der Waals surface area contributed by atoms with Gasteiger partial charge in [0.15, 0.2) is 0 Å². The molecule has 0 saturated carbocycles. The highest BCUT2D eigenvalue weighted by Crippen LogP contribution is 1.93. The summed E-state index contributed by atoms with van der Waals surface area (Å²) in [6.07, 6.45) is 2.51. The van der Waals surface area contributed by atoms with Crippen LogP contribution in [0, 0.1) is 0 Å². The Morgan fingerprint density at radius 2 is 1.91 bits per heavy atom. The summed E-state index contributed by atoms with van der Waals surface area (Å²) in [5.41, 5.74) is 0. The molecular formula is C8H17NO2. The van der Waals surface area contributed by atoms with Crippen LogP contribution in [0.25, 0.3) is 0 Å². The van der Waals surface area contributed by atoms with Crippen molar-refractivity contribution in [3.63, 3.8) is 0 Å². The number of hydrogen-bond donors (Lipinski definition) is 1. The summed E-state index contributed by atoms with van der Waals surface area (Å²) in [6.45, 7) is 6.33. The van der Waals surface area contributed by atoms with E-state index in [0.29, 0.717) is 0 Å². The van der Waals surface area contributed by atoms with Gasteiger partial charge in [0.05, 0.1) is 0 Å². The van der Waals surface area contributed by atoms with E-state index < -0.39 is 0 Å². The Kier molecular flexibility index (Phi) is 13.8. The van der Waals surface area contributed by atoms with Gasteiger partial charge in [0, 0.05) is 13.0 Å². The summed E-state index contributed by atoms with van der Waals surface area (Å²) >= 11 is 0. The molecular weight excluding hydrogens is 142 g/mol. The van der Waals surface area contributed by atoms with Crippen molar-refractivity contribution < 1.29 is 9.59 Å². The van der Waals surface area contributed by atoms with Crippen molar-refractivity contribution in [3.8, 4) is 0 Å². The van der Waals surface area contributed by atoms with Gasteiger partial charge in [-0.3, -0.25) is 4.79 Å². The Balaban J connectivity index is 0. The van der Waals surface area contributed by atoms with Crippen LogP contribution in [0.5, 0.6) is 0 Å². The molecule has 1 saturated heterocycles. The van der Waals surface area contributed by atoms with Crippen LogP contribution < -0.4 is 5.32 Å². The second-order valence-corrected chi connectivity index (χ2v) is 1.69. The average Bonchev–Trinajstić information content (AvgIpc) is 2.46. The van der Waals surface area contributed by atoms with Gasteiger partial charge in [0.1, 0.15) is 6.29 Å². The average molecular weight is 159 g/mol. The highest BCUT2D eigenvalue weighted by molar-refractivity contribution is 5.77. The number of carbonyl (C=O) groups is 2. The number of nitrogens with one attached hydrogen (secondary N) is 1. The van der Waals surface area contributed by atoms with Crippen LogP contribution in [0.15, 0.2) is 0 Å². The van der Waals surface area contributed by atoms with Crippen molar-refractivity contribution in [1.29, 1.82) is 0 Å². The Bertz CT molecular complexity index is 94.3. The fourth-order valence-corrected chi connectivity index (χ4v) is 0.565. The molecule has 1 amide bonds. The quantitative estimate of drug-likeness (QED) is 0.538. The third-order valence-corrected chi connectivity index (χ3v) is 0.903. The van der Waals surface area contributed by atoms with Crippen LogP contribution in [-0.4, -0.2) is 18.7 Å². The van der Waals surface area contributed by atoms with Crippen LogP contribution >= 0.6 is 0 Å². The molecule has 1 heterocycles. The summed E-state index contributed by atoms with van der Waals surface area (Å²) in [6, 6.07) is 0. The Labute approximate surface area is 68.2 Å². The third-order valence-electron chi connectivity index (χ3n) is 0.903. The summed E-state index contributed by atoms with van der Waals surface area (Å²) in [5.74, 6) is 0.204. The minimum absolute atomic E-state index is 0.204. The lowest BCUT2D eigenvalue weighted by Gasteiger charge is -1.80. The van der Waals surface area contributed by atoms with E-state index in [1.165, 1.54) is 6.92 Å². The van der Waals surface area contributed by atoms with E-state index in [1.54, 1.807) is 0 Å². The highest BCUT2D eigenvalue weighted by Gasteiger charge is 2.05. The van der Waals surface area contributed by atoms with Crippen LogP contribution in [-0.2, 0) is 9.59 Å². The number of carbonyl (C=O) groups excluding carboxylic acids is 2. The minimum atomic E-state index is 0.204. The first-order valence-corrected chi connectivity index (χ1v) is 3.97. The summed E-state index contributed by atoms with van der Waals surface area (Å²) in [4.78, 5) is 18.9. The molecule has 11 heavy (non-hydrogen) atoms. The second kappa shape index (κ2) is 11.9. The maximum atomic E-state index is 10.1. The van der Waals surface area contributed by atoms with Crippen molar-refractivity contribution in [2.75, 3.05) is 6.54 Å². The normalized spacial score (nSPS) is 13.2. The standard InChI is InChI=1S/C4H7NO.C2H4O.C2H6/c6-4-2-1-3-5-4;1-2-3;1-2/h1-3H2,(H,5,6);2H,1H3;1-2H3. The Morgan fingerprint density at radius 1 is 1.45 bits per heavy atom. The SMILES string of the molecule is CC.CC=O.O=C1CCCN1. The summed E-state index contributed by atoms with van der Waals surface area (Å²) in [5, 5.41) is 2.68. The molecule has 0 aliphatic carbocycles. The molecule has 0 aromatic heterocycles. The molecule has 0 unspecified atom stereocenters. The molecule has 1 rings (SSSR count). The van der Waals surface area contributed by atoms with Gasteiger partial charge in [-0.25, -0.2) is 0 Å². The molecule has 0 radical (unpaired) electrons. The molecule has 0 atom stereocenters. The van der Waals surface area contributed by atoms with Crippen molar-refractivity contribution >= 4 is 12.2 Å². The highest BCUT2D eigenvalue weighted by atomic mass is 16.1. The molecule has 3 nitrogen and oxygen atoms in total. The van der Waals surface area contributed by atoms with E-state index in [4.69, 9.17) is 4.79 Å². The summed E-state index contributed by atoms with van der Waals surface area (Å²) in [7, 11) is 0. The van der Waals surface area contributed by atoms with Gasteiger partial charge >= 0.3 is 0 Å². The first-order chi connectivity index (χ1) is 5.31. The molecule has 1 N–H and O–H groups in total. The van der Waals surface area contributed by atoms with E-state index in [1.807, 2.05) is 13.8 Å². The lowest BCUT2D eigenvalue weighted by atomic mass is 10.4. The molecule has 66 valence electrons.